The van der Waals surface area contributed by atoms with E-state index in [0.29, 0.717) is 19.4 Å². The molecule has 128 valence electrons. The van der Waals surface area contributed by atoms with Crippen LogP contribution in [0.1, 0.15) is 25.7 Å². The second-order valence-electron chi connectivity index (χ2n) is 6.03. The summed E-state index contributed by atoms with van der Waals surface area (Å²) in [5.41, 5.74) is 0. The molecule has 0 amide bonds. The first-order chi connectivity index (χ1) is 11.5. The summed E-state index contributed by atoms with van der Waals surface area (Å²) < 4.78 is 27.4. The Bertz CT molecular complexity index is 698. The third kappa shape index (κ3) is 5.31. The minimum atomic E-state index is -3.47. The third-order valence-corrected chi connectivity index (χ3v) is 5.77. The lowest BCUT2D eigenvalue weighted by Crippen LogP contribution is -2.45. The van der Waals surface area contributed by atoms with Crippen molar-refractivity contribution in [3.8, 4) is 12.1 Å². The Kier molecular flexibility index (Phi) is 6.74. The molecule has 6 nitrogen and oxygen atoms in total. The van der Waals surface area contributed by atoms with Crippen LogP contribution in [0.2, 0.25) is 0 Å². The van der Waals surface area contributed by atoms with Crippen molar-refractivity contribution in [3.63, 3.8) is 0 Å². The van der Waals surface area contributed by atoms with Gasteiger partial charge in [-0.05, 0) is 44.5 Å². The van der Waals surface area contributed by atoms with Crippen molar-refractivity contribution in [1.29, 1.82) is 10.5 Å². The number of hydrogen-bond acceptors (Lipinski definition) is 5. The predicted octanol–water partition coefficient (Wildman–Crippen LogP) is 1.87. The first-order valence-electron chi connectivity index (χ1n) is 8.11. The molecule has 1 aromatic rings. The number of piperidine rings is 1. The van der Waals surface area contributed by atoms with E-state index in [2.05, 4.69) is 21.8 Å². The standard InChI is InChI=1S/C17H22N4O2S/c18-10-4-5-15(13-19)14-21-11-8-16(9-12-21)20-24(22,23)17-6-2-1-3-7-17/h1-3,6-7,15-16,20H,4-5,8-9,11-12,14H2. The Morgan fingerprint density at radius 2 is 1.88 bits per heavy atom. The van der Waals surface area contributed by atoms with Crippen LogP contribution < -0.4 is 4.72 Å². The fourth-order valence-electron chi connectivity index (χ4n) is 2.87. The van der Waals surface area contributed by atoms with Gasteiger partial charge >= 0.3 is 0 Å². The molecule has 1 unspecified atom stereocenters. The Morgan fingerprint density at radius 3 is 2.46 bits per heavy atom. The highest BCUT2D eigenvalue weighted by Crippen LogP contribution is 2.17. The molecule has 0 saturated carbocycles. The van der Waals surface area contributed by atoms with Crippen molar-refractivity contribution in [3.05, 3.63) is 30.3 Å². The van der Waals surface area contributed by atoms with Crippen LogP contribution in [0.4, 0.5) is 0 Å². The number of sulfonamides is 1. The Labute approximate surface area is 143 Å². The molecule has 0 aliphatic carbocycles. The van der Waals surface area contributed by atoms with Gasteiger partial charge in [-0.25, -0.2) is 13.1 Å². The zero-order valence-electron chi connectivity index (χ0n) is 13.6. The Hall–Kier alpha value is -1.93. The molecule has 1 fully saturated rings. The highest BCUT2D eigenvalue weighted by molar-refractivity contribution is 7.89. The molecule has 1 aliphatic rings. The van der Waals surface area contributed by atoms with Crippen LogP contribution in [-0.4, -0.2) is 39.0 Å². The zero-order valence-corrected chi connectivity index (χ0v) is 14.4. The highest BCUT2D eigenvalue weighted by atomic mass is 32.2. The molecule has 1 aliphatic heterocycles. The maximum absolute atomic E-state index is 12.3. The number of likely N-dealkylation sites (tertiary alicyclic amines) is 1. The summed E-state index contributed by atoms with van der Waals surface area (Å²) in [6, 6.07) is 12.6. The summed E-state index contributed by atoms with van der Waals surface area (Å²) in [6.45, 7) is 2.16. The van der Waals surface area contributed by atoms with Gasteiger partial charge in [0.25, 0.3) is 0 Å². The van der Waals surface area contributed by atoms with Crippen LogP contribution in [-0.2, 0) is 10.0 Å². The monoisotopic (exact) mass is 346 g/mol. The zero-order chi connectivity index (χ0) is 17.4. The van der Waals surface area contributed by atoms with Crippen molar-refractivity contribution in [2.45, 2.75) is 36.6 Å². The number of nitrogens with one attached hydrogen (secondary N) is 1. The molecular formula is C17H22N4O2S. The van der Waals surface area contributed by atoms with E-state index in [0.717, 1.165) is 25.9 Å². The molecule has 2 rings (SSSR count). The quantitative estimate of drug-likeness (QED) is 0.813. The predicted molar refractivity (Wildman–Crippen MR) is 90.2 cm³/mol. The average molecular weight is 346 g/mol. The summed E-state index contributed by atoms with van der Waals surface area (Å²) >= 11 is 0. The van der Waals surface area contributed by atoms with Crippen molar-refractivity contribution >= 4 is 10.0 Å². The van der Waals surface area contributed by atoms with E-state index in [-0.39, 0.29) is 16.9 Å². The van der Waals surface area contributed by atoms with Gasteiger partial charge in [0.05, 0.1) is 23.0 Å². The van der Waals surface area contributed by atoms with Crippen LogP contribution >= 0.6 is 0 Å². The molecule has 0 radical (unpaired) electrons. The summed E-state index contributed by atoms with van der Waals surface area (Å²) in [5, 5.41) is 17.8. The van der Waals surface area contributed by atoms with E-state index >= 15 is 0 Å². The molecule has 0 spiro atoms. The summed E-state index contributed by atoms with van der Waals surface area (Å²) in [4.78, 5) is 2.46. The molecule has 0 bridgehead atoms. The second kappa shape index (κ2) is 8.79. The van der Waals surface area contributed by atoms with Crippen molar-refractivity contribution in [2.75, 3.05) is 19.6 Å². The lowest BCUT2D eigenvalue weighted by Gasteiger charge is -2.33. The van der Waals surface area contributed by atoms with Gasteiger partial charge in [0, 0.05) is 19.0 Å². The van der Waals surface area contributed by atoms with Gasteiger partial charge in [0.2, 0.25) is 10.0 Å². The lowest BCUT2D eigenvalue weighted by molar-refractivity contribution is 0.189. The van der Waals surface area contributed by atoms with Crippen LogP contribution in [0.3, 0.4) is 0 Å². The Morgan fingerprint density at radius 1 is 1.21 bits per heavy atom. The van der Waals surface area contributed by atoms with Gasteiger partial charge in [0.1, 0.15) is 0 Å². The van der Waals surface area contributed by atoms with Gasteiger partial charge in [-0.15, -0.1) is 0 Å². The largest absolute Gasteiger partial charge is 0.302 e. The van der Waals surface area contributed by atoms with E-state index < -0.39 is 10.0 Å². The highest BCUT2D eigenvalue weighted by Gasteiger charge is 2.25. The first kappa shape index (κ1) is 18.4. The van der Waals surface area contributed by atoms with Crippen LogP contribution in [0, 0.1) is 28.6 Å². The fourth-order valence-corrected chi connectivity index (χ4v) is 4.19. The molecule has 1 N–H and O–H groups in total. The minimum Gasteiger partial charge on any atom is -0.302 e. The van der Waals surface area contributed by atoms with Crippen molar-refractivity contribution in [2.24, 2.45) is 5.92 Å². The average Bonchev–Trinajstić information content (AvgIpc) is 2.60. The molecular weight excluding hydrogens is 324 g/mol. The number of rotatable bonds is 7. The maximum atomic E-state index is 12.3. The molecule has 1 aromatic carbocycles. The minimum absolute atomic E-state index is 0.0777. The normalized spacial score (nSPS) is 17.8. The number of hydrogen-bond donors (Lipinski definition) is 1. The van der Waals surface area contributed by atoms with E-state index in [9.17, 15) is 8.42 Å². The summed E-state index contributed by atoms with van der Waals surface area (Å²) in [5.74, 6) is -0.137. The smallest absolute Gasteiger partial charge is 0.240 e. The fraction of sp³-hybridized carbons (Fsp3) is 0.529. The first-order valence-corrected chi connectivity index (χ1v) is 9.60. The van der Waals surface area contributed by atoms with Crippen molar-refractivity contribution in [1.82, 2.24) is 9.62 Å². The molecule has 24 heavy (non-hydrogen) atoms. The molecule has 1 atom stereocenters. The SMILES string of the molecule is N#CCCC(C#N)CN1CCC(NS(=O)(=O)c2ccccc2)CC1. The van der Waals surface area contributed by atoms with Gasteiger partial charge in [-0.1, -0.05) is 18.2 Å². The molecule has 0 aromatic heterocycles. The molecule has 1 heterocycles. The van der Waals surface area contributed by atoms with Gasteiger partial charge in [0.15, 0.2) is 0 Å². The topological polar surface area (TPSA) is 97.0 Å². The van der Waals surface area contributed by atoms with Crippen LogP contribution in [0.25, 0.3) is 0 Å². The van der Waals surface area contributed by atoms with E-state index in [4.69, 9.17) is 10.5 Å². The number of nitrogens with zero attached hydrogens (tertiary/aromatic N) is 3. The van der Waals surface area contributed by atoms with Gasteiger partial charge in [-0.2, -0.15) is 10.5 Å². The maximum Gasteiger partial charge on any atom is 0.240 e. The van der Waals surface area contributed by atoms with E-state index in [1.165, 1.54) is 0 Å². The lowest BCUT2D eigenvalue weighted by atomic mass is 10.0. The van der Waals surface area contributed by atoms with Gasteiger partial charge in [-0.3, -0.25) is 0 Å². The van der Waals surface area contributed by atoms with Crippen LogP contribution in [0.15, 0.2) is 35.2 Å². The van der Waals surface area contributed by atoms with Crippen LogP contribution in [0.5, 0.6) is 0 Å². The summed E-state index contributed by atoms with van der Waals surface area (Å²) in [7, 11) is -3.47. The third-order valence-electron chi connectivity index (χ3n) is 4.23. The summed E-state index contributed by atoms with van der Waals surface area (Å²) in [6.07, 6.45) is 2.43. The second-order valence-corrected chi connectivity index (χ2v) is 7.75. The van der Waals surface area contributed by atoms with E-state index in [1.54, 1.807) is 30.3 Å². The number of nitriles is 2. The van der Waals surface area contributed by atoms with E-state index in [1.807, 2.05) is 0 Å². The molecule has 1 saturated heterocycles. The van der Waals surface area contributed by atoms with Gasteiger partial charge < -0.3 is 4.90 Å². The molecule has 7 heteroatoms. The number of benzene rings is 1. The van der Waals surface area contributed by atoms with Crippen molar-refractivity contribution < 1.29 is 8.42 Å². The Balaban J connectivity index is 1.83.